The highest BCUT2D eigenvalue weighted by Crippen LogP contribution is 2.38. The molecule has 0 saturated heterocycles. The van der Waals surface area contributed by atoms with E-state index in [9.17, 15) is 0 Å². The van der Waals surface area contributed by atoms with E-state index in [-0.39, 0.29) is 0 Å². The fourth-order valence-electron chi connectivity index (χ4n) is 3.69. The van der Waals surface area contributed by atoms with Crippen LogP contribution in [0.5, 0.6) is 0 Å². The van der Waals surface area contributed by atoms with Crippen LogP contribution in [-0.4, -0.2) is 12.6 Å². The Kier molecular flexibility index (Phi) is 6.57. The molecule has 1 aromatic rings. The minimum absolute atomic E-state index is 0.616. The van der Waals surface area contributed by atoms with Gasteiger partial charge in [0.1, 0.15) is 0 Å². The monoisotopic (exact) mass is 293 g/mol. The molecule has 1 aliphatic carbocycles. The summed E-state index contributed by atoms with van der Waals surface area (Å²) in [5.41, 5.74) is 0. The maximum absolute atomic E-state index is 3.68. The summed E-state index contributed by atoms with van der Waals surface area (Å²) in [6.07, 6.45) is 8.44. The van der Waals surface area contributed by atoms with Crippen LogP contribution in [0.4, 0.5) is 0 Å². The molecule has 2 heteroatoms. The highest BCUT2D eigenvalue weighted by atomic mass is 32.1. The number of hydrogen-bond acceptors (Lipinski definition) is 2. The Morgan fingerprint density at radius 3 is 2.80 bits per heavy atom. The van der Waals surface area contributed by atoms with Gasteiger partial charge in [-0.25, -0.2) is 0 Å². The van der Waals surface area contributed by atoms with Gasteiger partial charge < -0.3 is 5.32 Å². The van der Waals surface area contributed by atoms with Gasteiger partial charge in [0.25, 0.3) is 0 Å². The van der Waals surface area contributed by atoms with Crippen molar-refractivity contribution < 1.29 is 0 Å². The Hall–Kier alpha value is -0.340. The normalized spacial score (nSPS) is 27.1. The summed E-state index contributed by atoms with van der Waals surface area (Å²) in [5, 5.41) is 5.90. The van der Waals surface area contributed by atoms with Crippen molar-refractivity contribution in [3.8, 4) is 0 Å². The molecule has 20 heavy (non-hydrogen) atoms. The van der Waals surface area contributed by atoms with Crippen LogP contribution in [0.15, 0.2) is 17.5 Å². The summed E-state index contributed by atoms with van der Waals surface area (Å²) in [4.78, 5) is 1.58. The molecule has 114 valence electrons. The number of nitrogens with one attached hydrogen (secondary N) is 1. The second-order valence-electron chi connectivity index (χ2n) is 6.83. The van der Waals surface area contributed by atoms with Crippen LogP contribution in [0.25, 0.3) is 0 Å². The molecule has 1 saturated carbocycles. The summed E-state index contributed by atoms with van der Waals surface area (Å²) < 4.78 is 0. The molecule has 0 aliphatic heterocycles. The first-order valence-corrected chi connectivity index (χ1v) is 9.32. The van der Waals surface area contributed by atoms with Crippen molar-refractivity contribution in [2.45, 2.75) is 65.3 Å². The molecular formula is C18H31NS. The Labute approximate surface area is 129 Å². The third kappa shape index (κ3) is 4.89. The first-order valence-electron chi connectivity index (χ1n) is 8.44. The average Bonchev–Trinajstić information content (AvgIpc) is 2.91. The predicted molar refractivity (Wildman–Crippen MR) is 90.4 cm³/mol. The molecule has 3 unspecified atom stereocenters. The van der Waals surface area contributed by atoms with E-state index in [1.807, 2.05) is 11.3 Å². The first-order chi connectivity index (χ1) is 9.69. The van der Waals surface area contributed by atoms with Gasteiger partial charge in [0.2, 0.25) is 0 Å². The fraction of sp³-hybridized carbons (Fsp3) is 0.778. The third-order valence-electron chi connectivity index (χ3n) is 4.78. The molecular weight excluding hydrogens is 262 g/mol. The van der Waals surface area contributed by atoms with Crippen LogP contribution in [0.1, 0.15) is 57.8 Å². The summed E-state index contributed by atoms with van der Waals surface area (Å²) in [7, 11) is 0. The fourth-order valence-corrected chi connectivity index (χ4v) is 4.49. The van der Waals surface area contributed by atoms with Crippen molar-refractivity contribution in [1.29, 1.82) is 0 Å². The van der Waals surface area contributed by atoms with Crippen molar-refractivity contribution >= 4 is 11.3 Å². The van der Waals surface area contributed by atoms with Crippen LogP contribution in [0.2, 0.25) is 0 Å². The van der Waals surface area contributed by atoms with E-state index in [0.717, 1.165) is 17.8 Å². The molecule has 1 nitrogen and oxygen atoms in total. The van der Waals surface area contributed by atoms with E-state index in [4.69, 9.17) is 0 Å². The summed E-state index contributed by atoms with van der Waals surface area (Å²) in [5.74, 6) is 2.76. The molecule has 3 atom stereocenters. The number of rotatable bonds is 7. The molecule has 1 aromatic heterocycles. The molecule has 1 N–H and O–H groups in total. The SMILES string of the molecule is CCCC1CCC(CNC(C)C)C(Cc2cccs2)C1. The molecule has 0 spiro atoms. The van der Waals surface area contributed by atoms with E-state index >= 15 is 0 Å². The third-order valence-corrected chi connectivity index (χ3v) is 5.68. The van der Waals surface area contributed by atoms with Gasteiger partial charge in [-0.2, -0.15) is 0 Å². The largest absolute Gasteiger partial charge is 0.314 e. The minimum Gasteiger partial charge on any atom is -0.314 e. The van der Waals surface area contributed by atoms with Gasteiger partial charge in [-0.3, -0.25) is 0 Å². The number of hydrogen-bond donors (Lipinski definition) is 1. The highest BCUT2D eigenvalue weighted by Gasteiger charge is 2.30. The number of thiophene rings is 1. The lowest BCUT2D eigenvalue weighted by Gasteiger charge is -2.37. The second-order valence-corrected chi connectivity index (χ2v) is 7.87. The molecule has 0 aromatic carbocycles. The van der Waals surface area contributed by atoms with Gasteiger partial charge in [-0.15, -0.1) is 11.3 Å². The van der Waals surface area contributed by atoms with Crippen LogP contribution >= 0.6 is 11.3 Å². The van der Waals surface area contributed by atoms with E-state index in [1.165, 1.54) is 45.1 Å². The second kappa shape index (κ2) is 8.19. The van der Waals surface area contributed by atoms with E-state index in [2.05, 4.69) is 43.6 Å². The summed E-state index contributed by atoms with van der Waals surface area (Å²) >= 11 is 1.94. The van der Waals surface area contributed by atoms with Gasteiger partial charge >= 0.3 is 0 Å². The van der Waals surface area contributed by atoms with Crippen LogP contribution in [0.3, 0.4) is 0 Å². The zero-order valence-corrected chi connectivity index (χ0v) is 14.2. The van der Waals surface area contributed by atoms with Crippen molar-refractivity contribution in [2.24, 2.45) is 17.8 Å². The Bertz CT molecular complexity index is 358. The van der Waals surface area contributed by atoms with Gasteiger partial charge in [-0.05, 0) is 55.0 Å². The molecule has 1 heterocycles. The van der Waals surface area contributed by atoms with Crippen molar-refractivity contribution in [3.63, 3.8) is 0 Å². The zero-order chi connectivity index (χ0) is 14.4. The van der Waals surface area contributed by atoms with Gasteiger partial charge in [0, 0.05) is 10.9 Å². The smallest absolute Gasteiger partial charge is 0.00480 e. The van der Waals surface area contributed by atoms with E-state index < -0.39 is 0 Å². The summed E-state index contributed by atoms with van der Waals surface area (Å²) in [6, 6.07) is 5.14. The Morgan fingerprint density at radius 1 is 1.30 bits per heavy atom. The quantitative estimate of drug-likeness (QED) is 0.735. The van der Waals surface area contributed by atoms with Gasteiger partial charge in [-0.1, -0.05) is 46.1 Å². The van der Waals surface area contributed by atoms with E-state index in [1.54, 1.807) is 4.88 Å². The molecule has 0 amide bonds. The zero-order valence-electron chi connectivity index (χ0n) is 13.4. The Morgan fingerprint density at radius 2 is 2.15 bits per heavy atom. The Balaban J connectivity index is 1.94. The van der Waals surface area contributed by atoms with Crippen LogP contribution < -0.4 is 5.32 Å². The van der Waals surface area contributed by atoms with E-state index in [0.29, 0.717) is 6.04 Å². The van der Waals surface area contributed by atoms with Crippen molar-refractivity contribution in [2.75, 3.05) is 6.54 Å². The van der Waals surface area contributed by atoms with Crippen molar-refractivity contribution in [1.82, 2.24) is 5.32 Å². The molecule has 1 fully saturated rings. The predicted octanol–water partition coefficient (Wildman–Crippen LogP) is 5.12. The van der Waals surface area contributed by atoms with Gasteiger partial charge in [0.15, 0.2) is 0 Å². The topological polar surface area (TPSA) is 12.0 Å². The highest BCUT2D eigenvalue weighted by molar-refractivity contribution is 7.09. The maximum Gasteiger partial charge on any atom is 0.00480 e. The standard InChI is InChI=1S/C18H31NS/c1-4-6-15-8-9-16(13-19-14(2)3)17(11-15)12-18-7-5-10-20-18/h5,7,10,14-17,19H,4,6,8-9,11-13H2,1-3H3. The molecule has 0 bridgehead atoms. The lowest BCUT2D eigenvalue weighted by molar-refractivity contribution is 0.166. The average molecular weight is 294 g/mol. The van der Waals surface area contributed by atoms with Crippen molar-refractivity contribution in [3.05, 3.63) is 22.4 Å². The minimum atomic E-state index is 0.616. The lowest BCUT2D eigenvalue weighted by Crippen LogP contribution is -2.36. The van der Waals surface area contributed by atoms with Crippen LogP contribution in [0, 0.1) is 17.8 Å². The summed E-state index contributed by atoms with van der Waals surface area (Å²) in [6.45, 7) is 8.07. The first kappa shape index (κ1) is 16.0. The lowest BCUT2D eigenvalue weighted by atomic mass is 9.71. The maximum atomic E-state index is 3.68. The molecule has 1 aliphatic rings. The van der Waals surface area contributed by atoms with Crippen LogP contribution in [-0.2, 0) is 6.42 Å². The van der Waals surface area contributed by atoms with Gasteiger partial charge in [0.05, 0.1) is 0 Å². The molecule has 2 rings (SSSR count). The molecule has 0 radical (unpaired) electrons.